The van der Waals surface area contributed by atoms with E-state index in [0.29, 0.717) is 26.3 Å². The first-order valence-corrected chi connectivity index (χ1v) is 5.32. The maximum absolute atomic E-state index is 11.7. The van der Waals surface area contributed by atoms with Gasteiger partial charge in [0.15, 0.2) is 5.78 Å². The summed E-state index contributed by atoms with van der Waals surface area (Å²) in [5.41, 5.74) is 0. The minimum Gasteiger partial charge on any atom is -0.381 e. The predicted molar refractivity (Wildman–Crippen MR) is 56.2 cm³/mol. The van der Waals surface area contributed by atoms with E-state index < -0.39 is 0 Å². The van der Waals surface area contributed by atoms with Crippen molar-refractivity contribution < 1.29 is 9.53 Å². The number of hydrogen-bond acceptors (Lipinski definition) is 4. The summed E-state index contributed by atoms with van der Waals surface area (Å²) in [6.07, 6.45) is 0.848. The number of likely N-dealkylation sites (N-methyl/N-ethyl adjacent to an activating group) is 1. The van der Waals surface area contributed by atoms with E-state index in [4.69, 9.17) is 10.00 Å². The first-order valence-electron chi connectivity index (χ1n) is 5.32. The van der Waals surface area contributed by atoms with Crippen molar-refractivity contribution in [1.29, 1.82) is 5.26 Å². The maximum Gasteiger partial charge on any atom is 0.152 e. The second-order valence-electron chi connectivity index (χ2n) is 4.25. The number of rotatable bonds is 5. The van der Waals surface area contributed by atoms with Crippen LogP contribution in [0.5, 0.6) is 0 Å². The Hall–Kier alpha value is -0.920. The summed E-state index contributed by atoms with van der Waals surface area (Å²) in [6, 6.07) is 2.16. The molecular weight excluding hydrogens is 192 g/mol. The number of ether oxygens (including phenoxy) is 1. The SMILES string of the molecule is CC(C#N)CN(C)CC(=O)C1CCOC1. The van der Waals surface area contributed by atoms with Crippen LogP contribution in [0.25, 0.3) is 0 Å². The molecule has 2 unspecified atom stereocenters. The summed E-state index contributed by atoms with van der Waals surface area (Å²) in [5, 5.41) is 8.65. The fraction of sp³-hybridized carbons (Fsp3) is 0.818. The van der Waals surface area contributed by atoms with Crippen LogP contribution >= 0.6 is 0 Å². The summed E-state index contributed by atoms with van der Waals surface area (Å²) in [6.45, 7) is 4.21. The van der Waals surface area contributed by atoms with E-state index in [0.717, 1.165) is 6.42 Å². The average molecular weight is 210 g/mol. The molecule has 1 saturated heterocycles. The van der Waals surface area contributed by atoms with Gasteiger partial charge >= 0.3 is 0 Å². The molecule has 1 fully saturated rings. The van der Waals surface area contributed by atoms with E-state index in [2.05, 4.69) is 6.07 Å². The lowest BCUT2D eigenvalue weighted by molar-refractivity contribution is -0.123. The maximum atomic E-state index is 11.7. The molecule has 15 heavy (non-hydrogen) atoms. The zero-order chi connectivity index (χ0) is 11.3. The molecule has 0 aromatic heterocycles. The van der Waals surface area contributed by atoms with Gasteiger partial charge in [-0.15, -0.1) is 0 Å². The Bertz CT molecular complexity index is 254. The van der Waals surface area contributed by atoms with E-state index in [9.17, 15) is 4.79 Å². The predicted octanol–water partition coefficient (Wildman–Crippen LogP) is 0.683. The molecule has 0 amide bonds. The van der Waals surface area contributed by atoms with E-state index in [1.807, 2.05) is 18.9 Å². The van der Waals surface area contributed by atoms with Crippen molar-refractivity contribution in [3.8, 4) is 6.07 Å². The van der Waals surface area contributed by atoms with Gasteiger partial charge in [-0.25, -0.2) is 0 Å². The second kappa shape index (κ2) is 5.84. The zero-order valence-corrected chi connectivity index (χ0v) is 9.40. The van der Waals surface area contributed by atoms with Crippen molar-refractivity contribution >= 4 is 5.78 Å². The molecule has 2 atom stereocenters. The van der Waals surface area contributed by atoms with Crippen LogP contribution < -0.4 is 0 Å². The topological polar surface area (TPSA) is 53.3 Å². The van der Waals surface area contributed by atoms with Gasteiger partial charge in [0.05, 0.1) is 25.1 Å². The zero-order valence-electron chi connectivity index (χ0n) is 9.40. The van der Waals surface area contributed by atoms with Crippen LogP contribution in [0.2, 0.25) is 0 Å². The monoisotopic (exact) mass is 210 g/mol. The van der Waals surface area contributed by atoms with E-state index in [1.165, 1.54) is 0 Å². The molecule has 1 rings (SSSR count). The first kappa shape index (κ1) is 12.2. The average Bonchev–Trinajstić information content (AvgIpc) is 2.70. The molecule has 0 spiro atoms. The van der Waals surface area contributed by atoms with Crippen LogP contribution in [0, 0.1) is 23.2 Å². The third-order valence-electron chi connectivity index (χ3n) is 2.62. The lowest BCUT2D eigenvalue weighted by Gasteiger charge is -2.18. The van der Waals surface area contributed by atoms with Gasteiger partial charge in [0, 0.05) is 19.1 Å². The number of carbonyl (C=O) groups excluding carboxylic acids is 1. The summed E-state index contributed by atoms with van der Waals surface area (Å²) in [5.74, 6) is 0.285. The van der Waals surface area contributed by atoms with Crippen molar-refractivity contribution in [1.82, 2.24) is 4.90 Å². The van der Waals surface area contributed by atoms with Gasteiger partial charge in [-0.3, -0.25) is 9.69 Å². The molecular formula is C11H18N2O2. The first-order chi connectivity index (χ1) is 7.13. The standard InChI is InChI=1S/C11H18N2O2/c1-9(5-12)6-13(2)7-11(14)10-3-4-15-8-10/h9-10H,3-4,6-8H2,1-2H3. The van der Waals surface area contributed by atoms with Gasteiger partial charge in [0.2, 0.25) is 0 Å². The van der Waals surface area contributed by atoms with Gasteiger partial charge in [-0.1, -0.05) is 0 Å². The fourth-order valence-corrected chi connectivity index (χ4v) is 1.76. The number of hydrogen-bond donors (Lipinski definition) is 0. The summed E-state index contributed by atoms with van der Waals surface area (Å²) in [4.78, 5) is 13.6. The van der Waals surface area contributed by atoms with Gasteiger partial charge in [0.1, 0.15) is 0 Å². The van der Waals surface area contributed by atoms with Crippen LogP contribution in [0.3, 0.4) is 0 Å². The summed E-state index contributed by atoms with van der Waals surface area (Å²) in [7, 11) is 1.88. The summed E-state index contributed by atoms with van der Waals surface area (Å²) < 4.78 is 5.17. The Kier molecular flexibility index (Phi) is 4.73. The van der Waals surface area contributed by atoms with E-state index in [-0.39, 0.29) is 17.6 Å². The summed E-state index contributed by atoms with van der Waals surface area (Å²) >= 11 is 0. The third kappa shape index (κ3) is 3.98. The third-order valence-corrected chi connectivity index (χ3v) is 2.62. The smallest absolute Gasteiger partial charge is 0.152 e. The highest BCUT2D eigenvalue weighted by molar-refractivity contribution is 5.83. The van der Waals surface area contributed by atoms with Crippen LogP contribution in [-0.4, -0.2) is 44.0 Å². The normalized spacial score (nSPS) is 22.7. The number of Topliss-reactive ketones (excluding diaryl/α,β-unsaturated/α-hetero) is 1. The quantitative estimate of drug-likeness (QED) is 0.669. The van der Waals surface area contributed by atoms with Gasteiger partial charge in [-0.2, -0.15) is 5.26 Å². The number of ketones is 1. The molecule has 4 heteroatoms. The van der Waals surface area contributed by atoms with Crippen molar-refractivity contribution in [3.05, 3.63) is 0 Å². The molecule has 0 aromatic rings. The van der Waals surface area contributed by atoms with Crippen LogP contribution in [0.15, 0.2) is 0 Å². The van der Waals surface area contributed by atoms with Crippen LogP contribution in [0.4, 0.5) is 0 Å². The van der Waals surface area contributed by atoms with Gasteiger partial charge < -0.3 is 4.74 Å². The molecule has 0 aliphatic carbocycles. The molecule has 4 nitrogen and oxygen atoms in total. The lowest BCUT2D eigenvalue weighted by atomic mass is 10.0. The number of carbonyl (C=O) groups is 1. The fourth-order valence-electron chi connectivity index (χ4n) is 1.76. The van der Waals surface area contributed by atoms with Crippen molar-refractivity contribution in [2.24, 2.45) is 11.8 Å². The Balaban J connectivity index is 2.28. The molecule has 1 heterocycles. The van der Waals surface area contributed by atoms with Crippen LogP contribution in [-0.2, 0) is 9.53 Å². The molecule has 0 aromatic carbocycles. The van der Waals surface area contributed by atoms with Gasteiger partial charge in [-0.05, 0) is 20.4 Å². The molecule has 84 valence electrons. The Morgan fingerprint density at radius 3 is 3.00 bits per heavy atom. The molecule has 0 radical (unpaired) electrons. The highest BCUT2D eigenvalue weighted by atomic mass is 16.5. The molecule has 0 bridgehead atoms. The Labute approximate surface area is 90.8 Å². The molecule has 0 N–H and O–H groups in total. The second-order valence-corrected chi connectivity index (χ2v) is 4.25. The Morgan fingerprint density at radius 2 is 2.47 bits per heavy atom. The van der Waals surface area contributed by atoms with Crippen molar-refractivity contribution in [3.63, 3.8) is 0 Å². The molecule has 0 saturated carbocycles. The largest absolute Gasteiger partial charge is 0.381 e. The van der Waals surface area contributed by atoms with E-state index in [1.54, 1.807) is 0 Å². The number of nitrogens with zero attached hydrogens (tertiary/aromatic N) is 2. The molecule has 1 aliphatic rings. The lowest BCUT2D eigenvalue weighted by Crippen LogP contribution is -2.33. The molecule has 1 aliphatic heterocycles. The minimum absolute atomic E-state index is 0.0253. The van der Waals surface area contributed by atoms with Crippen LogP contribution in [0.1, 0.15) is 13.3 Å². The Morgan fingerprint density at radius 1 is 1.73 bits per heavy atom. The minimum atomic E-state index is -0.0253. The van der Waals surface area contributed by atoms with Crippen molar-refractivity contribution in [2.75, 3.05) is 33.4 Å². The van der Waals surface area contributed by atoms with Crippen molar-refractivity contribution in [2.45, 2.75) is 13.3 Å². The highest BCUT2D eigenvalue weighted by Crippen LogP contribution is 2.13. The highest BCUT2D eigenvalue weighted by Gasteiger charge is 2.24. The van der Waals surface area contributed by atoms with Gasteiger partial charge in [0.25, 0.3) is 0 Å². The number of nitriles is 1. The van der Waals surface area contributed by atoms with E-state index >= 15 is 0 Å².